The smallest absolute Gasteiger partial charge is 0.216 e. The zero-order valence-corrected chi connectivity index (χ0v) is 19.0. The van der Waals surface area contributed by atoms with Crippen molar-refractivity contribution in [1.29, 1.82) is 0 Å². The molecule has 2 heterocycles. The number of nitrogens with zero attached hydrogens (tertiary/aromatic N) is 4. The third-order valence-electron chi connectivity index (χ3n) is 4.88. The number of furan rings is 1. The highest BCUT2D eigenvalue weighted by Crippen LogP contribution is 2.18. The third-order valence-corrected chi connectivity index (χ3v) is 6.72. The molecule has 0 aliphatic carbocycles. The lowest BCUT2D eigenvalue weighted by Crippen LogP contribution is -2.54. The second-order valence-corrected chi connectivity index (χ2v) is 9.63. The van der Waals surface area contributed by atoms with Crippen LogP contribution in [0.4, 0.5) is 0 Å². The summed E-state index contributed by atoms with van der Waals surface area (Å²) < 4.78 is 37.5. The van der Waals surface area contributed by atoms with E-state index >= 15 is 0 Å². The van der Waals surface area contributed by atoms with E-state index in [4.69, 9.17) is 9.15 Å². The van der Waals surface area contributed by atoms with Crippen LogP contribution in [-0.4, -0.2) is 101 Å². The summed E-state index contributed by atoms with van der Waals surface area (Å²) in [5.74, 6) is 1.67. The Bertz CT molecular complexity index is 726. The number of guanidine groups is 1. The van der Waals surface area contributed by atoms with E-state index in [2.05, 4.69) is 20.1 Å². The molecule has 1 fully saturated rings. The first-order chi connectivity index (χ1) is 13.7. The number of hydrogen-bond acceptors (Lipinski definition) is 6. The van der Waals surface area contributed by atoms with Gasteiger partial charge in [0.2, 0.25) is 10.0 Å². The van der Waals surface area contributed by atoms with E-state index in [0.717, 1.165) is 11.7 Å². The van der Waals surface area contributed by atoms with Crippen LogP contribution < -0.4 is 5.32 Å². The number of rotatable bonds is 9. The zero-order valence-electron chi connectivity index (χ0n) is 18.2. The van der Waals surface area contributed by atoms with Crippen LogP contribution in [0, 0.1) is 0 Å². The Balaban J connectivity index is 1.86. The number of hydrogen-bond donors (Lipinski definition) is 1. The lowest BCUT2D eigenvalue weighted by Gasteiger charge is -2.36. The van der Waals surface area contributed by atoms with Crippen LogP contribution in [-0.2, 0) is 14.8 Å². The molecule has 29 heavy (non-hydrogen) atoms. The summed E-state index contributed by atoms with van der Waals surface area (Å²) in [7, 11) is 2.45. The van der Waals surface area contributed by atoms with Crippen LogP contribution in [0.25, 0.3) is 0 Å². The Morgan fingerprint density at radius 1 is 1.31 bits per heavy atom. The predicted octanol–water partition coefficient (Wildman–Crippen LogP) is 0.830. The largest absolute Gasteiger partial charge is 0.468 e. The fourth-order valence-electron chi connectivity index (χ4n) is 3.24. The second-order valence-electron chi connectivity index (χ2n) is 7.54. The fraction of sp³-hybridized carbons (Fsp3) is 0.737. The number of aliphatic imine (C=N–C) groups is 1. The van der Waals surface area contributed by atoms with E-state index in [0.29, 0.717) is 32.7 Å². The van der Waals surface area contributed by atoms with Crippen LogP contribution >= 0.6 is 0 Å². The van der Waals surface area contributed by atoms with Gasteiger partial charge in [-0.3, -0.25) is 9.89 Å². The van der Waals surface area contributed by atoms with Gasteiger partial charge < -0.3 is 19.4 Å². The van der Waals surface area contributed by atoms with Gasteiger partial charge >= 0.3 is 0 Å². The molecular formula is C19H35N5O4S. The zero-order chi connectivity index (χ0) is 21.4. The third kappa shape index (κ3) is 6.98. The van der Waals surface area contributed by atoms with Crippen molar-refractivity contribution in [2.45, 2.75) is 26.0 Å². The maximum atomic E-state index is 12.5. The van der Waals surface area contributed by atoms with Gasteiger partial charge in [0.15, 0.2) is 5.96 Å². The van der Waals surface area contributed by atoms with Gasteiger partial charge in [-0.1, -0.05) is 0 Å². The predicted molar refractivity (Wildman–Crippen MR) is 115 cm³/mol. The minimum Gasteiger partial charge on any atom is -0.468 e. The van der Waals surface area contributed by atoms with Gasteiger partial charge in [0.25, 0.3) is 0 Å². The molecule has 2 rings (SSSR count). The Labute approximate surface area is 174 Å². The summed E-state index contributed by atoms with van der Waals surface area (Å²) >= 11 is 0. The summed E-state index contributed by atoms with van der Waals surface area (Å²) in [6.45, 7) is 6.74. The van der Waals surface area contributed by atoms with Crippen molar-refractivity contribution < 1.29 is 17.6 Å². The molecule has 10 heteroatoms. The summed E-state index contributed by atoms with van der Waals surface area (Å²) in [6, 6.07) is 3.92. The first-order valence-corrected chi connectivity index (χ1v) is 11.6. The summed E-state index contributed by atoms with van der Waals surface area (Å²) in [5, 5.41) is 3.40. The lowest BCUT2D eigenvalue weighted by molar-refractivity contribution is 0.0904. The van der Waals surface area contributed by atoms with Gasteiger partial charge in [-0.2, -0.15) is 4.31 Å². The Morgan fingerprint density at radius 2 is 2.00 bits per heavy atom. The standard InChI is InChI=1S/C19H35N5O4S/c1-16(2)27-13-14-29(25,26)24-10-8-23(9-11-24)19(20-3)21-15-17(22(4)5)18-7-6-12-28-18/h6-7,12,16-17H,8-11,13-15H2,1-5H3,(H,20,21). The van der Waals surface area contributed by atoms with Crippen LogP contribution in [0.5, 0.6) is 0 Å². The van der Waals surface area contributed by atoms with Gasteiger partial charge in [-0.15, -0.1) is 0 Å². The molecule has 0 saturated carbocycles. The van der Waals surface area contributed by atoms with E-state index < -0.39 is 10.0 Å². The molecule has 0 spiro atoms. The molecule has 0 bridgehead atoms. The van der Waals surface area contributed by atoms with Crippen molar-refractivity contribution in [2.24, 2.45) is 4.99 Å². The molecular weight excluding hydrogens is 394 g/mol. The molecule has 1 aromatic heterocycles. The Morgan fingerprint density at radius 3 is 2.52 bits per heavy atom. The van der Waals surface area contributed by atoms with E-state index in [9.17, 15) is 8.42 Å². The average molecular weight is 430 g/mol. The number of sulfonamides is 1. The normalized spacial score (nSPS) is 17.9. The van der Waals surface area contributed by atoms with Crippen LogP contribution in [0.15, 0.2) is 27.8 Å². The Hall–Kier alpha value is -1.62. The monoisotopic (exact) mass is 429 g/mol. The highest BCUT2D eigenvalue weighted by atomic mass is 32.2. The highest BCUT2D eigenvalue weighted by molar-refractivity contribution is 7.89. The molecule has 1 aliphatic heterocycles. The van der Waals surface area contributed by atoms with Gasteiger partial charge in [0, 0.05) is 39.8 Å². The molecule has 1 aromatic rings. The first kappa shape index (κ1) is 23.7. The number of ether oxygens (including phenoxy) is 1. The minimum atomic E-state index is -3.30. The molecule has 0 aromatic carbocycles. The van der Waals surface area contributed by atoms with Gasteiger partial charge in [0.05, 0.1) is 30.8 Å². The molecule has 1 N–H and O–H groups in total. The SMILES string of the molecule is CN=C(NCC(c1ccco1)N(C)C)N1CCN(S(=O)(=O)CCOC(C)C)CC1. The Kier molecular flexibility index (Phi) is 8.94. The van der Waals surface area contributed by atoms with E-state index in [1.165, 1.54) is 0 Å². The minimum absolute atomic E-state index is 0.0197. The topological polar surface area (TPSA) is 90.6 Å². The fourth-order valence-corrected chi connectivity index (χ4v) is 4.52. The summed E-state index contributed by atoms with van der Waals surface area (Å²) in [6.07, 6.45) is 1.70. The maximum Gasteiger partial charge on any atom is 0.216 e. The molecule has 9 nitrogen and oxygen atoms in total. The molecule has 1 aliphatic rings. The molecule has 1 saturated heterocycles. The molecule has 1 atom stereocenters. The van der Waals surface area contributed by atoms with Crippen LogP contribution in [0.3, 0.4) is 0 Å². The quantitative estimate of drug-likeness (QED) is 0.459. The van der Waals surface area contributed by atoms with Crippen molar-refractivity contribution in [3.63, 3.8) is 0 Å². The summed E-state index contributed by atoms with van der Waals surface area (Å²) in [5.41, 5.74) is 0. The second kappa shape index (κ2) is 11.0. The molecule has 166 valence electrons. The lowest BCUT2D eigenvalue weighted by atomic mass is 10.2. The van der Waals surface area contributed by atoms with Gasteiger partial charge in [0.1, 0.15) is 5.76 Å². The van der Waals surface area contributed by atoms with E-state index in [-0.39, 0.29) is 24.5 Å². The molecule has 0 amide bonds. The van der Waals surface area contributed by atoms with E-state index in [1.807, 2.05) is 40.1 Å². The molecule has 1 unspecified atom stereocenters. The first-order valence-electron chi connectivity index (χ1n) is 9.99. The maximum absolute atomic E-state index is 12.5. The van der Waals surface area contributed by atoms with Crippen molar-refractivity contribution >= 4 is 16.0 Å². The van der Waals surface area contributed by atoms with Crippen molar-refractivity contribution in [3.8, 4) is 0 Å². The number of likely N-dealkylation sites (N-methyl/N-ethyl adjacent to an activating group) is 1. The van der Waals surface area contributed by atoms with E-state index in [1.54, 1.807) is 17.6 Å². The van der Waals surface area contributed by atoms with Gasteiger partial charge in [-0.25, -0.2) is 8.42 Å². The average Bonchev–Trinajstić information content (AvgIpc) is 3.19. The van der Waals surface area contributed by atoms with Crippen molar-refractivity contribution in [3.05, 3.63) is 24.2 Å². The number of nitrogens with one attached hydrogen (secondary N) is 1. The van der Waals surface area contributed by atoms with Crippen LogP contribution in [0.1, 0.15) is 25.6 Å². The van der Waals surface area contributed by atoms with Crippen molar-refractivity contribution in [1.82, 2.24) is 19.4 Å². The molecule has 0 radical (unpaired) electrons. The number of piperazine rings is 1. The van der Waals surface area contributed by atoms with Gasteiger partial charge in [-0.05, 0) is 40.1 Å². The van der Waals surface area contributed by atoms with Crippen LogP contribution in [0.2, 0.25) is 0 Å². The highest BCUT2D eigenvalue weighted by Gasteiger charge is 2.28. The summed E-state index contributed by atoms with van der Waals surface area (Å²) in [4.78, 5) is 8.55. The van der Waals surface area contributed by atoms with Crippen molar-refractivity contribution in [2.75, 3.05) is 66.2 Å².